The van der Waals surface area contributed by atoms with E-state index in [9.17, 15) is 19.5 Å². The zero-order valence-electron chi connectivity index (χ0n) is 16.2. The number of likely N-dealkylation sites (tertiary alicyclic amines) is 1. The number of ether oxygens (including phenoxy) is 2. The summed E-state index contributed by atoms with van der Waals surface area (Å²) >= 11 is 0. The van der Waals surface area contributed by atoms with E-state index in [1.54, 1.807) is 25.7 Å². The minimum atomic E-state index is -1.29. The number of nitrogens with zero attached hydrogens (tertiary/aromatic N) is 3. The molecule has 1 aromatic heterocycles. The Kier molecular flexibility index (Phi) is 6.59. The lowest BCUT2D eigenvalue weighted by atomic mass is 9.91. The van der Waals surface area contributed by atoms with E-state index >= 15 is 0 Å². The average Bonchev–Trinajstić information content (AvgIpc) is 2.58. The predicted molar refractivity (Wildman–Crippen MR) is 97.1 cm³/mol. The minimum Gasteiger partial charge on any atom is -0.477 e. The molecular formula is C18H27N3O6. The van der Waals surface area contributed by atoms with E-state index in [0.717, 1.165) is 0 Å². The Morgan fingerprint density at radius 1 is 1.30 bits per heavy atom. The Morgan fingerprint density at radius 3 is 2.44 bits per heavy atom. The summed E-state index contributed by atoms with van der Waals surface area (Å²) in [5, 5.41) is 9.53. The number of piperidine rings is 1. The van der Waals surface area contributed by atoms with Crippen molar-refractivity contribution in [3.8, 4) is 0 Å². The van der Waals surface area contributed by atoms with Gasteiger partial charge in [0.25, 0.3) is 5.56 Å². The zero-order valence-corrected chi connectivity index (χ0v) is 16.2. The van der Waals surface area contributed by atoms with Crippen LogP contribution in [0.1, 0.15) is 55.6 Å². The maximum atomic E-state index is 12.5. The predicted octanol–water partition coefficient (Wildman–Crippen LogP) is 1.70. The fourth-order valence-corrected chi connectivity index (χ4v) is 3.02. The van der Waals surface area contributed by atoms with Crippen molar-refractivity contribution in [1.82, 2.24) is 14.5 Å². The average molecular weight is 381 g/mol. The first-order valence-corrected chi connectivity index (χ1v) is 8.93. The molecule has 9 heteroatoms. The maximum absolute atomic E-state index is 12.5. The molecule has 1 saturated heterocycles. The Morgan fingerprint density at radius 2 is 1.93 bits per heavy atom. The lowest BCUT2D eigenvalue weighted by Gasteiger charge is -2.33. The van der Waals surface area contributed by atoms with Gasteiger partial charge in [0, 0.05) is 26.1 Å². The molecule has 0 bridgehead atoms. The second-order valence-electron chi connectivity index (χ2n) is 7.54. The van der Waals surface area contributed by atoms with Gasteiger partial charge in [-0.05, 0) is 33.6 Å². The Balaban J connectivity index is 2.16. The first-order chi connectivity index (χ1) is 12.6. The lowest BCUT2D eigenvalue weighted by molar-refractivity contribution is 0.0202. The van der Waals surface area contributed by atoms with Gasteiger partial charge < -0.3 is 19.5 Å². The van der Waals surface area contributed by atoms with Gasteiger partial charge in [0.1, 0.15) is 11.2 Å². The van der Waals surface area contributed by atoms with E-state index in [1.165, 1.54) is 18.0 Å². The topological polar surface area (TPSA) is 111 Å². The normalized spacial score (nSPS) is 15.6. The number of amides is 1. The second-order valence-corrected chi connectivity index (χ2v) is 7.54. The number of aromatic carboxylic acids is 1. The van der Waals surface area contributed by atoms with E-state index in [1.807, 2.05) is 0 Å². The van der Waals surface area contributed by atoms with Crippen molar-refractivity contribution >= 4 is 12.1 Å². The summed E-state index contributed by atoms with van der Waals surface area (Å²) in [6.45, 7) is 6.78. The fraction of sp³-hybridized carbons (Fsp3) is 0.667. The van der Waals surface area contributed by atoms with E-state index in [2.05, 4.69) is 4.98 Å². The van der Waals surface area contributed by atoms with Crippen LogP contribution in [0.5, 0.6) is 0 Å². The maximum Gasteiger partial charge on any atom is 0.410 e. The molecule has 1 aliphatic heterocycles. The molecule has 0 aliphatic carbocycles. The molecule has 0 aromatic carbocycles. The van der Waals surface area contributed by atoms with Crippen LogP contribution in [-0.2, 0) is 16.0 Å². The highest BCUT2D eigenvalue weighted by Gasteiger charge is 2.31. The van der Waals surface area contributed by atoms with Crippen LogP contribution in [0.3, 0.4) is 0 Å². The Labute approximate surface area is 157 Å². The molecule has 1 aliphatic rings. The summed E-state index contributed by atoms with van der Waals surface area (Å²) < 4.78 is 11.5. The highest BCUT2D eigenvalue weighted by Crippen LogP contribution is 2.28. The van der Waals surface area contributed by atoms with Crippen molar-refractivity contribution < 1.29 is 24.2 Å². The third kappa shape index (κ3) is 5.29. The summed E-state index contributed by atoms with van der Waals surface area (Å²) in [6, 6.07) is 0. The molecule has 0 unspecified atom stereocenters. The SMILES string of the molecule is COCCn1cnc(C2CCN(C(=O)OC(C)(C)C)CC2)c(C(=O)O)c1=O. The summed E-state index contributed by atoms with van der Waals surface area (Å²) in [5.41, 5.74) is -1.17. The van der Waals surface area contributed by atoms with Crippen LogP contribution in [0.25, 0.3) is 0 Å². The van der Waals surface area contributed by atoms with Gasteiger partial charge in [-0.2, -0.15) is 0 Å². The van der Waals surface area contributed by atoms with Crippen molar-refractivity contribution in [3.05, 3.63) is 27.9 Å². The van der Waals surface area contributed by atoms with Crippen molar-refractivity contribution in [2.75, 3.05) is 26.8 Å². The lowest BCUT2D eigenvalue weighted by Crippen LogP contribution is -2.42. The van der Waals surface area contributed by atoms with Crippen LogP contribution in [0.4, 0.5) is 4.79 Å². The van der Waals surface area contributed by atoms with Crippen molar-refractivity contribution in [1.29, 1.82) is 0 Å². The smallest absolute Gasteiger partial charge is 0.410 e. The number of carboxylic acids is 1. The molecule has 1 N–H and O–H groups in total. The monoisotopic (exact) mass is 381 g/mol. The van der Waals surface area contributed by atoms with Crippen LogP contribution in [-0.4, -0.2) is 64.0 Å². The molecule has 0 radical (unpaired) electrons. The number of carbonyl (C=O) groups excluding carboxylic acids is 1. The highest BCUT2D eigenvalue weighted by atomic mass is 16.6. The number of rotatable bonds is 5. The molecule has 27 heavy (non-hydrogen) atoms. The van der Waals surface area contributed by atoms with Gasteiger partial charge in [-0.15, -0.1) is 0 Å². The number of methoxy groups -OCH3 is 1. The molecule has 2 rings (SSSR count). The van der Waals surface area contributed by atoms with Crippen molar-refractivity contribution in [2.24, 2.45) is 0 Å². The number of hydrogen-bond acceptors (Lipinski definition) is 6. The Hall–Kier alpha value is -2.42. The van der Waals surface area contributed by atoms with Gasteiger partial charge in [0.15, 0.2) is 0 Å². The van der Waals surface area contributed by atoms with E-state index < -0.39 is 17.1 Å². The molecule has 0 atom stereocenters. The molecule has 2 heterocycles. The minimum absolute atomic E-state index is 0.195. The van der Waals surface area contributed by atoms with Crippen molar-refractivity contribution in [3.63, 3.8) is 0 Å². The largest absolute Gasteiger partial charge is 0.477 e. The Bertz CT molecular complexity index is 744. The molecular weight excluding hydrogens is 354 g/mol. The quantitative estimate of drug-likeness (QED) is 0.826. The fourth-order valence-electron chi connectivity index (χ4n) is 3.02. The summed E-state index contributed by atoms with van der Waals surface area (Å²) in [4.78, 5) is 42.2. The van der Waals surface area contributed by atoms with Gasteiger partial charge in [-0.25, -0.2) is 14.6 Å². The van der Waals surface area contributed by atoms with Gasteiger partial charge in [-0.1, -0.05) is 0 Å². The highest BCUT2D eigenvalue weighted by molar-refractivity contribution is 5.88. The van der Waals surface area contributed by atoms with Crippen LogP contribution in [0.2, 0.25) is 0 Å². The first kappa shape index (κ1) is 20.9. The number of aromatic nitrogens is 2. The summed E-state index contributed by atoms with van der Waals surface area (Å²) in [7, 11) is 1.50. The standard InChI is InChI=1S/C18H27N3O6/c1-18(2,3)27-17(25)20-7-5-12(6-8-20)14-13(16(23)24)15(22)21(11-19-14)9-10-26-4/h11-12H,5-10H2,1-4H3,(H,23,24). The van der Waals surface area contributed by atoms with Gasteiger partial charge in [-0.3, -0.25) is 9.36 Å². The van der Waals surface area contributed by atoms with Crippen LogP contribution < -0.4 is 5.56 Å². The number of carbonyl (C=O) groups is 2. The van der Waals surface area contributed by atoms with Crippen LogP contribution in [0, 0.1) is 0 Å². The zero-order chi connectivity index (χ0) is 20.2. The van der Waals surface area contributed by atoms with Crippen molar-refractivity contribution in [2.45, 2.75) is 51.7 Å². The molecule has 0 saturated carbocycles. The molecule has 150 valence electrons. The van der Waals surface area contributed by atoms with Gasteiger partial charge in [0.05, 0.1) is 25.2 Å². The third-order valence-electron chi connectivity index (χ3n) is 4.35. The van der Waals surface area contributed by atoms with Crippen LogP contribution >= 0.6 is 0 Å². The third-order valence-corrected chi connectivity index (χ3v) is 4.35. The summed E-state index contributed by atoms with van der Waals surface area (Å²) in [5.74, 6) is -1.48. The van der Waals surface area contributed by atoms with E-state index in [0.29, 0.717) is 25.9 Å². The summed E-state index contributed by atoms with van der Waals surface area (Å²) in [6.07, 6.45) is 2.02. The number of hydrogen-bond donors (Lipinski definition) is 1. The molecule has 0 spiro atoms. The molecule has 9 nitrogen and oxygen atoms in total. The molecule has 1 aromatic rings. The van der Waals surface area contributed by atoms with Gasteiger partial charge >= 0.3 is 12.1 Å². The van der Waals surface area contributed by atoms with Crippen LogP contribution in [0.15, 0.2) is 11.1 Å². The van der Waals surface area contributed by atoms with E-state index in [4.69, 9.17) is 9.47 Å². The van der Waals surface area contributed by atoms with Gasteiger partial charge in [0.2, 0.25) is 0 Å². The molecule has 1 fully saturated rings. The van der Waals surface area contributed by atoms with E-state index in [-0.39, 0.29) is 36.4 Å². The molecule has 1 amide bonds. The second kappa shape index (κ2) is 8.51. The first-order valence-electron chi connectivity index (χ1n) is 8.93. The number of carboxylic acid groups (broad SMARTS) is 1.